The molecule has 0 radical (unpaired) electrons. The quantitative estimate of drug-likeness (QED) is 0.724. The Hall–Kier alpha value is -0.570. The van der Waals surface area contributed by atoms with E-state index in [1.807, 2.05) is 25.8 Å². The zero-order valence-corrected chi connectivity index (χ0v) is 9.76. The molecule has 3 heteroatoms. The Morgan fingerprint density at radius 2 is 1.86 bits per heavy atom. The molecule has 3 nitrogen and oxygen atoms in total. The fourth-order valence-corrected chi connectivity index (χ4v) is 1.71. The minimum Gasteiger partial charge on any atom is -0.341 e. The van der Waals surface area contributed by atoms with Gasteiger partial charge in [-0.2, -0.15) is 0 Å². The van der Waals surface area contributed by atoms with E-state index in [2.05, 4.69) is 12.2 Å². The second-order valence-corrected chi connectivity index (χ2v) is 4.85. The summed E-state index contributed by atoms with van der Waals surface area (Å²) in [6.45, 7) is 7.97. The maximum atomic E-state index is 12.0. The van der Waals surface area contributed by atoms with Gasteiger partial charge in [-0.1, -0.05) is 6.92 Å². The van der Waals surface area contributed by atoms with Gasteiger partial charge in [-0.15, -0.1) is 0 Å². The number of amides is 1. The lowest BCUT2D eigenvalue weighted by molar-refractivity contribution is -0.138. The molecule has 0 bridgehead atoms. The van der Waals surface area contributed by atoms with Gasteiger partial charge in [-0.3, -0.25) is 4.79 Å². The molecule has 1 rings (SSSR count). The monoisotopic (exact) mass is 198 g/mol. The van der Waals surface area contributed by atoms with Crippen molar-refractivity contribution in [2.24, 2.45) is 5.92 Å². The van der Waals surface area contributed by atoms with Crippen molar-refractivity contribution in [1.29, 1.82) is 0 Å². The third kappa shape index (κ3) is 2.47. The predicted octanol–water partition coefficient (Wildman–Crippen LogP) is 1.24. The lowest BCUT2D eigenvalue weighted by atomic mass is 9.96. The second kappa shape index (κ2) is 4.30. The molecule has 1 saturated heterocycles. The van der Waals surface area contributed by atoms with Crippen LogP contribution in [0.15, 0.2) is 0 Å². The molecule has 1 heterocycles. The maximum absolute atomic E-state index is 12.0. The molecule has 0 aliphatic carbocycles. The molecule has 0 spiro atoms. The molecular weight excluding hydrogens is 176 g/mol. The van der Waals surface area contributed by atoms with Gasteiger partial charge in [0.2, 0.25) is 5.91 Å². The Labute approximate surface area is 86.9 Å². The molecule has 1 amide bonds. The number of rotatable bonds is 2. The highest BCUT2D eigenvalue weighted by molar-refractivity contribution is 5.85. The van der Waals surface area contributed by atoms with E-state index in [1.54, 1.807) is 0 Å². The molecule has 1 N–H and O–H groups in total. The number of nitrogens with zero attached hydrogens (tertiary/aromatic N) is 1. The number of likely N-dealkylation sites (tertiary alicyclic amines) is 1. The van der Waals surface area contributed by atoms with Gasteiger partial charge in [-0.05, 0) is 39.7 Å². The summed E-state index contributed by atoms with van der Waals surface area (Å²) in [4.78, 5) is 14.0. The summed E-state index contributed by atoms with van der Waals surface area (Å²) in [6, 6.07) is 0. The third-order valence-electron chi connectivity index (χ3n) is 3.23. The predicted molar refractivity (Wildman–Crippen MR) is 58.1 cm³/mol. The van der Waals surface area contributed by atoms with Crippen molar-refractivity contribution in [2.45, 2.75) is 39.2 Å². The van der Waals surface area contributed by atoms with Gasteiger partial charge >= 0.3 is 0 Å². The van der Waals surface area contributed by atoms with E-state index in [9.17, 15) is 4.79 Å². The fraction of sp³-hybridized carbons (Fsp3) is 0.909. The van der Waals surface area contributed by atoms with Gasteiger partial charge < -0.3 is 10.2 Å². The minimum absolute atomic E-state index is 0.229. The Balaban J connectivity index is 2.54. The molecule has 14 heavy (non-hydrogen) atoms. The highest BCUT2D eigenvalue weighted by Crippen LogP contribution is 2.18. The molecule has 0 aromatic heterocycles. The second-order valence-electron chi connectivity index (χ2n) is 4.85. The van der Waals surface area contributed by atoms with Crippen LogP contribution in [0.3, 0.4) is 0 Å². The summed E-state index contributed by atoms with van der Waals surface area (Å²) < 4.78 is 0. The van der Waals surface area contributed by atoms with Gasteiger partial charge in [0, 0.05) is 13.1 Å². The Bertz CT molecular complexity index is 205. The molecule has 1 fully saturated rings. The van der Waals surface area contributed by atoms with Crippen molar-refractivity contribution in [3.8, 4) is 0 Å². The van der Waals surface area contributed by atoms with Gasteiger partial charge in [0.1, 0.15) is 0 Å². The highest BCUT2D eigenvalue weighted by atomic mass is 16.2. The van der Waals surface area contributed by atoms with Gasteiger partial charge in [0.05, 0.1) is 5.54 Å². The summed E-state index contributed by atoms with van der Waals surface area (Å²) >= 11 is 0. The van der Waals surface area contributed by atoms with Crippen LogP contribution >= 0.6 is 0 Å². The first-order valence-electron chi connectivity index (χ1n) is 5.45. The molecule has 1 aliphatic heterocycles. The van der Waals surface area contributed by atoms with Gasteiger partial charge in [-0.25, -0.2) is 0 Å². The first-order valence-corrected chi connectivity index (χ1v) is 5.45. The number of carbonyl (C=O) groups excluding carboxylic acids is 1. The maximum Gasteiger partial charge on any atom is 0.242 e. The summed E-state index contributed by atoms with van der Waals surface area (Å²) in [5.74, 6) is 1.00. The molecule has 0 unspecified atom stereocenters. The number of piperidine rings is 1. The van der Waals surface area contributed by atoms with Crippen molar-refractivity contribution in [3.63, 3.8) is 0 Å². The lowest BCUT2D eigenvalue weighted by Gasteiger charge is -2.36. The van der Waals surface area contributed by atoms with Crippen LogP contribution < -0.4 is 5.32 Å². The van der Waals surface area contributed by atoms with Gasteiger partial charge in [0.25, 0.3) is 0 Å². The molecule has 0 saturated carbocycles. The smallest absolute Gasteiger partial charge is 0.242 e. The molecular formula is C11H22N2O. The average molecular weight is 198 g/mol. The van der Waals surface area contributed by atoms with Crippen molar-refractivity contribution in [2.75, 3.05) is 20.1 Å². The molecule has 0 aromatic carbocycles. The minimum atomic E-state index is -0.416. The van der Waals surface area contributed by atoms with Crippen LogP contribution in [0.25, 0.3) is 0 Å². The van der Waals surface area contributed by atoms with Crippen molar-refractivity contribution in [3.05, 3.63) is 0 Å². The van der Waals surface area contributed by atoms with Gasteiger partial charge in [0.15, 0.2) is 0 Å². The molecule has 0 atom stereocenters. The Kier molecular flexibility index (Phi) is 3.53. The normalized spacial score (nSPS) is 19.9. The van der Waals surface area contributed by atoms with Crippen LogP contribution in [0.1, 0.15) is 33.6 Å². The van der Waals surface area contributed by atoms with Crippen molar-refractivity contribution in [1.82, 2.24) is 10.2 Å². The van der Waals surface area contributed by atoms with Crippen molar-refractivity contribution < 1.29 is 4.79 Å². The molecule has 1 aliphatic rings. The van der Waals surface area contributed by atoms with Crippen LogP contribution in [0.4, 0.5) is 0 Å². The standard InChI is InChI=1S/C11H22N2O/c1-9-5-7-13(8-6-9)10(14)11(2,3)12-4/h9,12H,5-8H2,1-4H3. The molecule has 0 aromatic rings. The van der Waals surface area contributed by atoms with E-state index < -0.39 is 5.54 Å². The number of hydrogen-bond donors (Lipinski definition) is 1. The number of hydrogen-bond acceptors (Lipinski definition) is 2. The van der Waals surface area contributed by atoms with E-state index in [1.165, 1.54) is 0 Å². The Morgan fingerprint density at radius 3 is 2.29 bits per heavy atom. The van der Waals surface area contributed by atoms with E-state index >= 15 is 0 Å². The summed E-state index contributed by atoms with van der Waals surface area (Å²) in [6.07, 6.45) is 2.29. The first kappa shape index (κ1) is 11.5. The first-order chi connectivity index (χ1) is 6.47. The fourth-order valence-electron chi connectivity index (χ4n) is 1.71. The number of nitrogens with one attached hydrogen (secondary N) is 1. The van der Waals surface area contributed by atoms with E-state index in [0.29, 0.717) is 0 Å². The lowest BCUT2D eigenvalue weighted by Crippen LogP contribution is -2.54. The zero-order valence-electron chi connectivity index (χ0n) is 9.76. The van der Waals surface area contributed by atoms with Crippen LogP contribution in [0.5, 0.6) is 0 Å². The van der Waals surface area contributed by atoms with Crippen LogP contribution in [-0.2, 0) is 4.79 Å². The SMILES string of the molecule is CNC(C)(C)C(=O)N1CCC(C)CC1. The summed E-state index contributed by atoms with van der Waals surface area (Å²) in [5.41, 5.74) is -0.416. The largest absolute Gasteiger partial charge is 0.341 e. The van der Waals surface area contributed by atoms with E-state index in [4.69, 9.17) is 0 Å². The Morgan fingerprint density at radius 1 is 1.36 bits per heavy atom. The summed E-state index contributed by atoms with van der Waals surface area (Å²) in [7, 11) is 1.84. The zero-order chi connectivity index (χ0) is 10.8. The van der Waals surface area contributed by atoms with Crippen molar-refractivity contribution >= 4 is 5.91 Å². The summed E-state index contributed by atoms with van der Waals surface area (Å²) in [5, 5.41) is 3.06. The highest BCUT2D eigenvalue weighted by Gasteiger charge is 2.31. The topological polar surface area (TPSA) is 32.3 Å². The van der Waals surface area contributed by atoms with E-state index in [-0.39, 0.29) is 5.91 Å². The molecule has 82 valence electrons. The van der Waals surface area contributed by atoms with Crippen LogP contribution in [0, 0.1) is 5.92 Å². The average Bonchev–Trinajstić information content (AvgIpc) is 2.18. The third-order valence-corrected chi connectivity index (χ3v) is 3.23. The number of likely N-dealkylation sites (N-methyl/N-ethyl adjacent to an activating group) is 1. The van der Waals surface area contributed by atoms with E-state index in [0.717, 1.165) is 31.8 Å². The number of carbonyl (C=O) groups is 1. The van der Waals surface area contributed by atoms with Crippen LogP contribution in [0.2, 0.25) is 0 Å². The van der Waals surface area contributed by atoms with Crippen LogP contribution in [-0.4, -0.2) is 36.5 Å².